The van der Waals surface area contributed by atoms with E-state index in [0.29, 0.717) is 12.5 Å². The largest absolute Gasteiger partial charge is 0.388 e. The summed E-state index contributed by atoms with van der Waals surface area (Å²) >= 11 is 0. The van der Waals surface area contributed by atoms with E-state index in [0.717, 1.165) is 38.5 Å². The molecule has 0 heterocycles. The summed E-state index contributed by atoms with van der Waals surface area (Å²) < 4.78 is 0. The maximum atomic E-state index is 11.9. The molecule has 0 radical (unpaired) electrons. The van der Waals surface area contributed by atoms with E-state index in [2.05, 4.69) is 5.32 Å². The average molecular weight is 226 g/mol. The van der Waals surface area contributed by atoms with E-state index in [1.165, 1.54) is 0 Å². The molecule has 0 aliphatic heterocycles. The second kappa shape index (κ2) is 4.00. The molecule has 0 saturated heterocycles. The molecule has 1 unspecified atom stereocenters. The van der Waals surface area contributed by atoms with Gasteiger partial charge in [0.05, 0.1) is 11.1 Å². The Balaban J connectivity index is 1.83. The lowest BCUT2D eigenvalue weighted by Crippen LogP contribution is -2.55. The Hall–Kier alpha value is -0.610. The third-order valence-electron chi connectivity index (χ3n) is 4.03. The van der Waals surface area contributed by atoms with Gasteiger partial charge in [0.15, 0.2) is 0 Å². The average Bonchev–Trinajstić information content (AvgIpc) is 3.00. The fourth-order valence-corrected chi connectivity index (χ4v) is 2.51. The molecule has 4 nitrogen and oxygen atoms in total. The normalized spacial score (nSPS) is 27.4. The SMILES string of the molecule is CC(N)(C(=O)NCC1(O)CCCC1)C1CC1. The third-order valence-corrected chi connectivity index (χ3v) is 4.03. The van der Waals surface area contributed by atoms with Crippen LogP contribution in [0.3, 0.4) is 0 Å². The summed E-state index contributed by atoms with van der Waals surface area (Å²) in [6.45, 7) is 2.14. The van der Waals surface area contributed by atoms with Crippen LogP contribution < -0.4 is 11.1 Å². The van der Waals surface area contributed by atoms with Gasteiger partial charge < -0.3 is 16.2 Å². The molecule has 2 fully saturated rings. The highest BCUT2D eigenvalue weighted by molar-refractivity contribution is 5.86. The van der Waals surface area contributed by atoms with Gasteiger partial charge in [-0.1, -0.05) is 12.8 Å². The van der Waals surface area contributed by atoms with Gasteiger partial charge in [-0.25, -0.2) is 0 Å². The molecule has 1 amide bonds. The van der Waals surface area contributed by atoms with Crippen LogP contribution in [-0.4, -0.2) is 28.7 Å². The second-order valence-corrected chi connectivity index (χ2v) is 5.67. The van der Waals surface area contributed by atoms with Crippen LogP contribution in [0.1, 0.15) is 45.4 Å². The van der Waals surface area contributed by atoms with Crippen molar-refractivity contribution in [1.29, 1.82) is 0 Å². The molecular weight excluding hydrogens is 204 g/mol. The van der Waals surface area contributed by atoms with Crippen LogP contribution in [0, 0.1) is 5.92 Å². The van der Waals surface area contributed by atoms with E-state index in [1.807, 2.05) is 0 Å². The molecule has 0 aromatic heterocycles. The minimum Gasteiger partial charge on any atom is -0.388 e. The number of rotatable bonds is 4. The summed E-state index contributed by atoms with van der Waals surface area (Å²) in [7, 11) is 0. The van der Waals surface area contributed by atoms with Crippen molar-refractivity contribution in [2.45, 2.75) is 56.6 Å². The summed E-state index contributed by atoms with van der Waals surface area (Å²) in [5, 5.41) is 12.9. The lowest BCUT2D eigenvalue weighted by molar-refractivity contribution is -0.127. The van der Waals surface area contributed by atoms with Crippen LogP contribution in [0.25, 0.3) is 0 Å². The minimum absolute atomic E-state index is 0.115. The van der Waals surface area contributed by atoms with Gasteiger partial charge in [0.25, 0.3) is 0 Å². The number of amides is 1. The molecule has 1 atom stereocenters. The third kappa shape index (κ3) is 2.38. The van der Waals surface area contributed by atoms with Crippen molar-refractivity contribution < 1.29 is 9.90 Å². The fourth-order valence-electron chi connectivity index (χ4n) is 2.51. The van der Waals surface area contributed by atoms with Gasteiger partial charge in [0, 0.05) is 6.54 Å². The van der Waals surface area contributed by atoms with E-state index < -0.39 is 11.1 Å². The Morgan fingerprint density at radius 2 is 2.06 bits per heavy atom. The summed E-state index contributed by atoms with van der Waals surface area (Å²) in [5.41, 5.74) is 4.56. The number of hydrogen-bond acceptors (Lipinski definition) is 3. The topological polar surface area (TPSA) is 75.4 Å². The monoisotopic (exact) mass is 226 g/mol. The Labute approximate surface area is 96.6 Å². The van der Waals surface area contributed by atoms with Gasteiger partial charge in [-0.05, 0) is 38.5 Å². The van der Waals surface area contributed by atoms with Gasteiger partial charge in [-0.3, -0.25) is 4.79 Å². The molecule has 4 heteroatoms. The maximum Gasteiger partial charge on any atom is 0.240 e. The lowest BCUT2D eigenvalue weighted by Gasteiger charge is -2.27. The zero-order valence-electron chi connectivity index (χ0n) is 9.96. The smallest absolute Gasteiger partial charge is 0.240 e. The number of nitrogens with one attached hydrogen (secondary N) is 1. The minimum atomic E-state index is -0.755. The Bertz CT molecular complexity index is 279. The number of aliphatic hydroxyl groups is 1. The van der Waals surface area contributed by atoms with E-state index in [4.69, 9.17) is 5.73 Å². The molecule has 2 aliphatic rings. The molecule has 0 bridgehead atoms. The first-order chi connectivity index (χ1) is 7.44. The predicted molar refractivity (Wildman–Crippen MR) is 61.7 cm³/mol. The number of carbonyl (C=O) groups excluding carboxylic acids is 1. The van der Waals surface area contributed by atoms with Crippen molar-refractivity contribution >= 4 is 5.91 Å². The molecule has 0 aromatic rings. The van der Waals surface area contributed by atoms with Crippen molar-refractivity contribution in [3.05, 3.63) is 0 Å². The van der Waals surface area contributed by atoms with Crippen molar-refractivity contribution in [2.24, 2.45) is 11.7 Å². The molecule has 2 rings (SSSR count). The van der Waals surface area contributed by atoms with Gasteiger partial charge in [0.2, 0.25) is 5.91 Å². The molecule has 0 aromatic carbocycles. The molecule has 4 N–H and O–H groups in total. The summed E-state index contributed by atoms with van der Waals surface area (Å²) in [6.07, 6.45) is 5.77. The van der Waals surface area contributed by atoms with E-state index in [1.54, 1.807) is 6.92 Å². The Morgan fingerprint density at radius 1 is 1.50 bits per heavy atom. The van der Waals surface area contributed by atoms with Gasteiger partial charge in [0.1, 0.15) is 0 Å². The summed E-state index contributed by atoms with van der Waals surface area (Å²) in [5.74, 6) is 0.209. The quantitative estimate of drug-likeness (QED) is 0.654. The standard InChI is InChI=1S/C12H22N2O2/c1-11(13,9-4-5-9)10(15)14-8-12(16)6-2-3-7-12/h9,16H,2-8,13H2,1H3,(H,14,15). The van der Waals surface area contributed by atoms with Gasteiger partial charge in [-0.15, -0.1) is 0 Å². The predicted octanol–water partition coefficient (Wildman–Crippen LogP) is 0.535. The van der Waals surface area contributed by atoms with Crippen molar-refractivity contribution in [3.63, 3.8) is 0 Å². The fraction of sp³-hybridized carbons (Fsp3) is 0.917. The summed E-state index contributed by atoms with van der Waals surface area (Å²) in [4.78, 5) is 11.9. The zero-order valence-corrected chi connectivity index (χ0v) is 9.96. The lowest BCUT2D eigenvalue weighted by atomic mass is 9.95. The van der Waals surface area contributed by atoms with Crippen LogP contribution in [0.15, 0.2) is 0 Å². The van der Waals surface area contributed by atoms with Crippen LogP contribution >= 0.6 is 0 Å². The number of carbonyl (C=O) groups is 1. The van der Waals surface area contributed by atoms with Gasteiger partial charge >= 0.3 is 0 Å². The van der Waals surface area contributed by atoms with Crippen LogP contribution in [-0.2, 0) is 4.79 Å². The van der Waals surface area contributed by atoms with Crippen LogP contribution in [0.4, 0.5) is 0 Å². The molecule has 16 heavy (non-hydrogen) atoms. The second-order valence-electron chi connectivity index (χ2n) is 5.67. The zero-order chi connectivity index (χ0) is 11.8. The highest BCUT2D eigenvalue weighted by Gasteiger charge is 2.44. The first kappa shape index (κ1) is 11.9. The molecule has 92 valence electrons. The van der Waals surface area contributed by atoms with Crippen LogP contribution in [0.5, 0.6) is 0 Å². The molecule has 2 aliphatic carbocycles. The number of nitrogens with two attached hydrogens (primary N) is 1. The van der Waals surface area contributed by atoms with Crippen molar-refractivity contribution in [3.8, 4) is 0 Å². The van der Waals surface area contributed by atoms with Crippen molar-refractivity contribution in [2.75, 3.05) is 6.54 Å². The highest BCUT2D eigenvalue weighted by Crippen LogP contribution is 2.38. The maximum absolute atomic E-state index is 11.9. The Morgan fingerprint density at radius 3 is 2.56 bits per heavy atom. The number of hydrogen-bond donors (Lipinski definition) is 3. The summed E-state index contributed by atoms with van der Waals surface area (Å²) in [6, 6.07) is 0. The molecular formula is C12H22N2O2. The highest BCUT2D eigenvalue weighted by atomic mass is 16.3. The van der Waals surface area contributed by atoms with E-state index >= 15 is 0 Å². The van der Waals surface area contributed by atoms with E-state index in [-0.39, 0.29) is 5.91 Å². The molecule has 0 spiro atoms. The first-order valence-electron chi connectivity index (χ1n) is 6.24. The first-order valence-corrected chi connectivity index (χ1v) is 6.24. The van der Waals surface area contributed by atoms with Crippen molar-refractivity contribution in [1.82, 2.24) is 5.32 Å². The van der Waals surface area contributed by atoms with Gasteiger partial charge in [-0.2, -0.15) is 0 Å². The molecule has 2 saturated carbocycles. The van der Waals surface area contributed by atoms with Crippen LogP contribution in [0.2, 0.25) is 0 Å². The van der Waals surface area contributed by atoms with E-state index in [9.17, 15) is 9.90 Å². The Kier molecular flexibility index (Phi) is 2.97.